The summed E-state index contributed by atoms with van der Waals surface area (Å²) in [6.45, 7) is 4.81. The van der Waals surface area contributed by atoms with Crippen molar-refractivity contribution in [2.75, 3.05) is 13.7 Å². The highest BCUT2D eigenvalue weighted by Crippen LogP contribution is 2.39. The van der Waals surface area contributed by atoms with Crippen LogP contribution in [-0.2, 0) is 14.3 Å². The second kappa shape index (κ2) is 8.36. The molecule has 2 atom stereocenters. The zero-order valence-electron chi connectivity index (χ0n) is 12.6. The van der Waals surface area contributed by atoms with Gasteiger partial charge in [-0.25, -0.2) is 4.79 Å². The molecule has 1 fully saturated rings. The first-order valence-electron chi connectivity index (χ1n) is 7.60. The average Bonchev–Trinajstić information content (AvgIpc) is 3.22. The first-order valence-corrected chi connectivity index (χ1v) is 7.60. The van der Waals surface area contributed by atoms with Gasteiger partial charge in [0.15, 0.2) is 5.60 Å². The summed E-state index contributed by atoms with van der Waals surface area (Å²) in [4.78, 5) is 11.7. The van der Waals surface area contributed by atoms with Gasteiger partial charge in [-0.2, -0.15) is 0 Å². The molecule has 3 nitrogen and oxygen atoms in total. The summed E-state index contributed by atoms with van der Waals surface area (Å²) in [6, 6.07) is 0. The quantitative estimate of drug-likeness (QED) is 0.261. The number of hydrogen-bond acceptors (Lipinski definition) is 3. The van der Waals surface area contributed by atoms with E-state index in [0.717, 1.165) is 12.8 Å². The summed E-state index contributed by atoms with van der Waals surface area (Å²) >= 11 is 0. The highest BCUT2D eigenvalue weighted by atomic mass is 16.6. The smallest absolute Gasteiger partial charge is 0.341 e. The number of ether oxygens (including phenoxy) is 2. The van der Waals surface area contributed by atoms with Gasteiger partial charge in [-0.15, -0.1) is 0 Å². The number of carbonyl (C=O) groups is 1. The summed E-state index contributed by atoms with van der Waals surface area (Å²) < 4.78 is 10.2. The molecule has 0 aliphatic carbocycles. The van der Waals surface area contributed by atoms with Crippen molar-refractivity contribution in [2.45, 2.75) is 64.4 Å². The molecular formula is C16H28O3. The molecule has 1 aliphatic heterocycles. The van der Waals surface area contributed by atoms with Gasteiger partial charge in [0.25, 0.3) is 0 Å². The van der Waals surface area contributed by atoms with E-state index in [1.165, 1.54) is 39.2 Å². The lowest BCUT2D eigenvalue weighted by atomic mass is 9.89. The predicted molar refractivity (Wildman–Crippen MR) is 77.0 cm³/mol. The van der Waals surface area contributed by atoms with Gasteiger partial charge in [-0.1, -0.05) is 51.7 Å². The van der Waals surface area contributed by atoms with Gasteiger partial charge in [-0.05, 0) is 19.3 Å². The predicted octanol–water partition coefficient (Wildman–Crippen LogP) is 3.87. The maximum Gasteiger partial charge on any atom is 0.341 e. The minimum Gasteiger partial charge on any atom is -0.467 e. The van der Waals surface area contributed by atoms with Gasteiger partial charge in [0, 0.05) is 5.92 Å². The van der Waals surface area contributed by atoms with E-state index in [4.69, 9.17) is 9.47 Å². The van der Waals surface area contributed by atoms with Crippen molar-refractivity contribution in [2.24, 2.45) is 5.92 Å². The lowest BCUT2D eigenvalue weighted by molar-refractivity contribution is -0.148. The van der Waals surface area contributed by atoms with Crippen molar-refractivity contribution >= 4 is 5.97 Å². The Labute approximate surface area is 117 Å². The molecule has 1 heterocycles. The van der Waals surface area contributed by atoms with Crippen molar-refractivity contribution in [1.29, 1.82) is 0 Å². The fourth-order valence-corrected chi connectivity index (χ4v) is 2.48. The molecular weight excluding hydrogens is 240 g/mol. The summed E-state index contributed by atoms with van der Waals surface area (Å²) in [5.74, 6) is -0.0810. The monoisotopic (exact) mass is 268 g/mol. The van der Waals surface area contributed by atoms with Crippen LogP contribution in [-0.4, -0.2) is 25.3 Å². The van der Waals surface area contributed by atoms with Crippen LogP contribution >= 0.6 is 0 Å². The molecule has 2 unspecified atom stereocenters. The van der Waals surface area contributed by atoms with Gasteiger partial charge in [0.2, 0.25) is 0 Å². The van der Waals surface area contributed by atoms with Crippen LogP contribution in [0.15, 0.2) is 12.2 Å². The van der Waals surface area contributed by atoms with E-state index in [1.807, 2.05) is 0 Å². The Balaban J connectivity index is 2.30. The number of rotatable bonds is 10. The lowest BCUT2D eigenvalue weighted by Crippen LogP contribution is -2.33. The fourth-order valence-electron chi connectivity index (χ4n) is 2.48. The number of epoxide rings is 1. The molecule has 0 saturated carbocycles. The summed E-state index contributed by atoms with van der Waals surface area (Å²) in [5.41, 5.74) is -0.678. The molecule has 19 heavy (non-hydrogen) atoms. The summed E-state index contributed by atoms with van der Waals surface area (Å²) in [7, 11) is 1.43. The van der Waals surface area contributed by atoms with Crippen LogP contribution in [0.2, 0.25) is 0 Å². The summed E-state index contributed by atoms with van der Waals surface area (Å²) in [6.07, 6.45) is 12.8. The van der Waals surface area contributed by atoms with E-state index >= 15 is 0 Å². The van der Waals surface area contributed by atoms with Crippen LogP contribution < -0.4 is 0 Å². The molecule has 1 rings (SSSR count). The first-order chi connectivity index (χ1) is 9.21. The number of allylic oxidation sites excluding steroid dienone is 1. The Morgan fingerprint density at radius 3 is 2.53 bits per heavy atom. The number of esters is 1. The van der Waals surface area contributed by atoms with Crippen molar-refractivity contribution in [3.05, 3.63) is 12.2 Å². The van der Waals surface area contributed by atoms with Crippen molar-refractivity contribution in [3.8, 4) is 0 Å². The zero-order valence-corrected chi connectivity index (χ0v) is 12.6. The minimum atomic E-state index is -0.678. The SMILES string of the molecule is CCCCCCC/C=C\C(CC)C1(C(=O)OC)CO1. The molecule has 0 aromatic carbocycles. The van der Waals surface area contributed by atoms with Crippen LogP contribution in [0.25, 0.3) is 0 Å². The van der Waals surface area contributed by atoms with Crippen molar-refractivity contribution < 1.29 is 14.3 Å². The molecule has 0 aromatic heterocycles. The standard InChI is InChI=1S/C16H28O3/c1-4-6-7-8-9-10-11-12-14(5-2)16(13-19-16)15(17)18-3/h11-12,14H,4-10,13H2,1-3H3/b12-11-. The highest BCUT2D eigenvalue weighted by Gasteiger charge is 2.57. The average molecular weight is 268 g/mol. The molecule has 110 valence electrons. The lowest BCUT2D eigenvalue weighted by Gasteiger charge is -2.17. The first kappa shape index (κ1) is 16.2. The van der Waals surface area contributed by atoms with Gasteiger partial charge < -0.3 is 9.47 Å². The number of methoxy groups -OCH3 is 1. The number of hydrogen-bond donors (Lipinski definition) is 0. The Morgan fingerprint density at radius 1 is 1.32 bits per heavy atom. The van der Waals surface area contributed by atoms with Crippen molar-refractivity contribution in [1.82, 2.24) is 0 Å². The maximum atomic E-state index is 11.7. The molecule has 3 heteroatoms. The van der Waals surface area contributed by atoms with Crippen LogP contribution in [0.5, 0.6) is 0 Å². The van der Waals surface area contributed by atoms with Crippen LogP contribution in [0, 0.1) is 5.92 Å². The topological polar surface area (TPSA) is 38.8 Å². The van der Waals surface area contributed by atoms with E-state index in [0.29, 0.717) is 6.61 Å². The Bertz CT molecular complexity index is 292. The second-order valence-electron chi connectivity index (χ2n) is 5.32. The van der Waals surface area contributed by atoms with E-state index < -0.39 is 5.60 Å². The van der Waals surface area contributed by atoms with Crippen LogP contribution in [0.1, 0.15) is 58.8 Å². The van der Waals surface area contributed by atoms with E-state index in [2.05, 4.69) is 26.0 Å². The summed E-state index contributed by atoms with van der Waals surface area (Å²) in [5, 5.41) is 0. The zero-order chi connectivity index (χ0) is 14.1. The molecule has 1 aliphatic rings. The Hall–Kier alpha value is -0.830. The van der Waals surface area contributed by atoms with Gasteiger partial charge >= 0.3 is 5.97 Å². The minimum absolute atomic E-state index is 0.149. The molecule has 0 amide bonds. The second-order valence-corrected chi connectivity index (χ2v) is 5.32. The third kappa shape index (κ3) is 4.64. The fraction of sp³-hybridized carbons (Fsp3) is 0.812. The molecule has 0 aromatic rings. The molecule has 0 bridgehead atoms. The molecule has 1 saturated heterocycles. The third-order valence-electron chi connectivity index (χ3n) is 3.87. The van der Waals surface area contributed by atoms with Crippen LogP contribution in [0.3, 0.4) is 0 Å². The van der Waals surface area contributed by atoms with Crippen molar-refractivity contribution in [3.63, 3.8) is 0 Å². The Morgan fingerprint density at radius 2 is 2.00 bits per heavy atom. The molecule has 0 N–H and O–H groups in total. The largest absolute Gasteiger partial charge is 0.467 e. The molecule has 0 radical (unpaired) electrons. The van der Waals surface area contributed by atoms with Gasteiger partial charge in [-0.3, -0.25) is 0 Å². The van der Waals surface area contributed by atoms with E-state index in [1.54, 1.807) is 0 Å². The highest BCUT2D eigenvalue weighted by molar-refractivity contribution is 5.83. The van der Waals surface area contributed by atoms with Crippen LogP contribution in [0.4, 0.5) is 0 Å². The Kier molecular flexibility index (Phi) is 7.14. The van der Waals surface area contributed by atoms with E-state index in [9.17, 15) is 4.79 Å². The molecule has 0 spiro atoms. The normalized spacial score (nSPS) is 23.5. The van der Waals surface area contributed by atoms with E-state index in [-0.39, 0.29) is 11.9 Å². The van der Waals surface area contributed by atoms with Gasteiger partial charge in [0.05, 0.1) is 13.7 Å². The number of unbranched alkanes of at least 4 members (excludes halogenated alkanes) is 5. The van der Waals surface area contributed by atoms with Gasteiger partial charge in [0.1, 0.15) is 0 Å². The maximum absolute atomic E-state index is 11.7. The third-order valence-corrected chi connectivity index (χ3v) is 3.87. The number of carbonyl (C=O) groups excluding carboxylic acids is 1.